The van der Waals surface area contributed by atoms with Crippen LogP contribution in [0.1, 0.15) is 5.56 Å². The second-order valence-electron chi connectivity index (χ2n) is 3.45. The predicted molar refractivity (Wildman–Crippen MR) is 57.6 cm³/mol. The lowest BCUT2D eigenvalue weighted by Crippen LogP contribution is -2.16. The number of anilines is 2. The fraction of sp³-hybridized carbons (Fsp3) is 0.400. The van der Waals surface area contributed by atoms with Crippen molar-refractivity contribution in [1.82, 2.24) is 4.98 Å². The average molecular weight is 190 g/mol. The summed E-state index contributed by atoms with van der Waals surface area (Å²) in [7, 11) is 7.60. The Kier molecular flexibility index (Phi) is 2.92. The minimum atomic E-state index is 0.662. The van der Waals surface area contributed by atoms with Crippen molar-refractivity contribution >= 4 is 11.4 Å². The van der Waals surface area contributed by atoms with Crippen LogP contribution in [-0.2, 0) is 0 Å². The van der Waals surface area contributed by atoms with E-state index in [1.54, 1.807) is 12.4 Å². The number of nitrogens with zero attached hydrogens (tertiary/aromatic N) is 4. The highest BCUT2D eigenvalue weighted by Crippen LogP contribution is 2.25. The molecule has 4 nitrogen and oxygen atoms in total. The second kappa shape index (κ2) is 3.97. The van der Waals surface area contributed by atoms with Crippen molar-refractivity contribution in [2.75, 3.05) is 38.0 Å². The third-order valence-corrected chi connectivity index (χ3v) is 1.98. The van der Waals surface area contributed by atoms with Gasteiger partial charge < -0.3 is 9.80 Å². The van der Waals surface area contributed by atoms with Crippen molar-refractivity contribution in [2.45, 2.75) is 0 Å². The lowest BCUT2D eigenvalue weighted by Gasteiger charge is -2.19. The molecule has 0 aromatic carbocycles. The molecule has 1 aromatic heterocycles. The molecule has 74 valence electrons. The van der Waals surface area contributed by atoms with E-state index >= 15 is 0 Å². The monoisotopic (exact) mass is 190 g/mol. The molecule has 0 N–H and O–H groups in total. The van der Waals surface area contributed by atoms with Crippen molar-refractivity contribution in [1.29, 1.82) is 5.26 Å². The Morgan fingerprint density at radius 3 is 1.79 bits per heavy atom. The largest absolute Gasteiger partial charge is 0.375 e. The molecule has 0 aliphatic carbocycles. The van der Waals surface area contributed by atoms with Gasteiger partial charge in [-0.1, -0.05) is 0 Å². The lowest BCUT2D eigenvalue weighted by atomic mass is 10.2. The fourth-order valence-corrected chi connectivity index (χ4v) is 1.23. The molecule has 0 radical (unpaired) electrons. The summed E-state index contributed by atoms with van der Waals surface area (Å²) in [6.45, 7) is 0. The molecule has 1 rings (SSSR count). The smallest absolute Gasteiger partial charge is 0.104 e. The fourth-order valence-electron chi connectivity index (χ4n) is 1.23. The molecule has 14 heavy (non-hydrogen) atoms. The zero-order valence-electron chi connectivity index (χ0n) is 8.94. The summed E-state index contributed by atoms with van der Waals surface area (Å²) >= 11 is 0. The predicted octanol–water partition coefficient (Wildman–Crippen LogP) is 1.09. The first-order valence-corrected chi connectivity index (χ1v) is 4.30. The van der Waals surface area contributed by atoms with Gasteiger partial charge in [0.2, 0.25) is 0 Å². The molecule has 0 saturated carbocycles. The van der Waals surface area contributed by atoms with Gasteiger partial charge in [-0.2, -0.15) is 5.26 Å². The summed E-state index contributed by atoms with van der Waals surface area (Å²) in [6.07, 6.45) is 3.40. The summed E-state index contributed by atoms with van der Waals surface area (Å²) in [5.41, 5.74) is 2.35. The maximum atomic E-state index is 9.07. The Morgan fingerprint density at radius 1 is 1.07 bits per heavy atom. The topological polar surface area (TPSA) is 43.2 Å². The third-order valence-electron chi connectivity index (χ3n) is 1.98. The van der Waals surface area contributed by atoms with Crippen molar-refractivity contribution < 1.29 is 0 Å². The molecule has 4 heteroatoms. The Balaban J connectivity index is 3.34. The molecule has 0 atom stereocenters. The zero-order valence-corrected chi connectivity index (χ0v) is 8.94. The van der Waals surface area contributed by atoms with E-state index < -0.39 is 0 Å². The van der Waals surface area contributed by atoms with Gasteiger partial charge in [0.15, 0.2) is 0 Å². The second-order valence-corrected chi connectivity index (χ2v) is 3.45. The van der Waals surface area contributed by atoms with Crippen LogP contribution in [0.3, 0.4) is 0 Å². The SMILES string of the molecule is CN(C)c1cncc(N(C)C)c1C#N. The van der Waals surface area contributed by atoms with Crippen molar-refractivity contribution in [3.05, 3.63) is 18.0 Å². The Bertz CT molecular complexity index is 337. The minimum absolute atomic E-state index is 0.662. The number of pyridine rings is 1. The molecule has 0 aliphatic rings. The van der Waals surface area contributed by atoms with Crippen LogP contribution < -0.4 is 9.80 Å². The van der Waals surface area contributed by atoms with Gasteiger partial charge in [-0.25, -0.2) is 0 Å². The van der Waals surface area contributed by atoms with Crippen LogP contribution in [0.5, 0.6) is 0 Å². The van der Waals surface area contributed by atoms with Gasteiger partial charge in [0.25, 0.3) is 0 Å². The molecule has 0 unspecified atom stereocenters. The summed E-state index contributed by atoms with van der Waals surface area (Å²) in [4.78, 5) is 7.88. The Morgan fingerprint density at radius 2 is 1.50 bits per heavy atom. The van der Waals surface area contributed by atoms with Gasteiger partial charge in [0.1, 0.15) is 11.6 Å². The summed E-state index contributed by atoms with van der Waals surface area (Å²) < 4.78 is 0. The maximum absolute atomic E-state index is 9.07. The van der Waals surface area contributed by atoms with E-state index in [9.17, 15) is 0 Å². The molecular weight excluding hydrogens is 176 g/mol. The Labute approximate surface area is 84.4 Å². The third kappa shape index (κ3) is 1.77. The van der Waals surface area contributed by atoms with E-state index in [2.05, 4.69) is 11.1 Å². The van der Waals surface area contributed by atoms with E-state index in [1.165, 1.54) is 0 Å². The molecule has 0 saturated heterocycles. The number of hydrogen-bond acceptors (Lipinski definition) is 4. The van der Waals surface area contributed by atoms with Crippen LogP contribution in [0, 0.1) is 11.3 Å². The summed E-state index contributed by atoms with van der Waals surface area (Å²) in [5.74, 6) is 0. The first-order chi connectivity index (χ1) is 6.57. The van der Waals surface area contributed by atoms with Crippen LogP contribution in [-0.4, -0.2) is 33.2 Å². The molecule has 0 bridgehead atoms. The van der Waals surface area contributed by atoms with Gasteiger partial charge in [-0.15, -0.1) is 0 Å². The maximum Gasteiger partial charge on any atom is 0.104 e. The van der Waals surface area contributed by atoms with E-state index in [0.29, 0.717) is 5.56 Å². The summed E-state index contributed by atoms with van der Waals surface area (Å²) in [5, 5.41) is 9.07. The molecule has 0 aliphatic heterocycles. The van der Waals surface area contributed by atoms with Crippen molar-refractivity contribution in [2.24, 2.45) is 0 Å². The highest BCUT2D eigenvalue weighted by molar-refractivity contribution is 5.70. The number of aromatic nitrogens is 1. The average Bonchev–Trinajstić information content (AvgIpc) is 2.16. The Hall–Kier alpha value is -1.76. The van der Waals surface area contributed by atoms with E-state index in [4.69, 9.17) is 5.26 Å². The van der Waals surface area contributed by atoms with Gasteiger partial charge >= 0.3 is 0 Å². The first-order valence-electron chi connectivity index (χ1n) is 4.30. The standard InChI is InChI=1S/C10H14N4/c1-13(2)9-6-12-7-10(14(3)4)8(9)5-11/h6-7H,1-4H3. The minimum Gasteiger partial charge on any atom is -0.375 e. The van der Waals surface area contributed by atoms with Crippen LogP contribution in [0.25, 0.3) is 0 Å². The summed E-state index contributed by atoms with van der Waals surface area (Å²) in [6, 6.07) is 2.20. The van der Waals surface area contributed by atoms with Crippen LogP contribution in [0.4, 0.5) is 11.4 Å². The lowest BCUT2D eigenvalue weighted by molar-refractivity contribution is 1.06. The quantitative estimate of drug-likeness (QED) is 0.700. The normalized spacial score (nSPS) is 9.36. The van der Waals surface area contributed by atoms with Gasteiger partial charge in [-0.3, -0.25) is 4.98 Å². The highest BCUT2D eigenvalue weighted by Gasteiger charge is 2.11. The molecule has 0 spiro atoms. The zero-order chi connectivity index (χ0) is 10.7. The van der Waals surface area contributed by atoms with Crippen molar-refractivity contribution in [3.63, 3.8) is 0 Å². The van der Waals surface area contributed by atoms with Crippen LogP contribution in [0.15, 0.2) is 12.4 Å². The van der Waals surface area contributed by atoms with Crippen LogP contribution >= 0.6 is 0 Å². The molecule has 1 aromatic rings. The molecule has 1 heterocycles. The molecule has 0 fully saturated rings. The molecule has 0 amide bonds. The van der Waals surface area contributed by atoms with Gasteiger partial charge in [0.05, 0.1) is 23.8 Å². The first kappa shape index (κ1) is 10.3. The number of nitriles is 1. The van der Waals surface area contributed by atoms with Gasteiger partial charge in [-0.05, 0) is 0 Å². The van der Waals surface area contributed by atoms with E-state index in [-0.39, 0.29) is 0 Å². The van der Waals surface area contributed by atoms with Crippen LogP contribution in [0.2, 0.25) is 0 Å². The van der Waals surface area contributed by atoms with Gasteiger partial charge in [0, 0.05) is 28.2 Å². The number of rotatable bonds is 2. The molecular formula is C10H14N4. The highest BCUT2D eigenvalue weighted by atomic mass is 15.1. The van der Waals surface area contributed by atoms with Crippen molar-refractivity contribution in [3.8, 4) is 6.07 Å². The van der Waals surface area contributed by atoms with E-state index in [1.807, 2.05) is 38.0 Å². The number of hydrogen-bond donors (Lipinski definition) is 0. The van der Waals surface area contributed by atoms with E-state index in [0.717, 1.165) is 11.4 Å².